The zero-order valence-corrected chi connectivity index (χ0v) is 6.86. The van der Waals surface area contributed by atoms with E-state index in [4.69, 9.17) is 9.84 Å². The third-order valence-electron chi connectivity index (χ3n) is 2.12. The molecule has 0 spiro atoms. The van der Waals surface area contributed by atoms with Gasteiger partial charge >= 0.3 is 0 Å². The molecule has 2 N–H and O–H groups in total. The molecule has 0 aromatic heterocycles. The molecule has 1 fully saturated rings. The number of hydrogen-bond donors (Lipinski definition) is 2. The Morgan fingerprint density at radius 2 is 2.18 bits per heavy atom. The molecular weight excluding hydrogens is 144 g/mol. The molecule has 0 aromatic carbocycles. The number of ether oxygens (including phenoxy) is 1. The standard InChI is InChI=1S/C8H16O3/c1-6-2-3-7(10)8(11-6)4-5-9/h6-10H,2-5H2,1H3. The highest BCUT2D eigenvalue weighted by Gasteiger charge is 2.26. The first-order valence-corrected chi connectivity index (χ1v) is 4.18. The van der Waals surface area contributed by atoms with Crippen LogP contribution in [0.5, 0.6) is 0 Å². The van der Waals surface area contributed by atoms with Crippen LogP contribution in [0.25, 0.3) is 0 Å². The molecule has 0 aliphatic carbocycles. The van der Waals surface area contributed by atoms with Crippen molar-refractivity contribution in [2.45, 2.75) is 44.5 Å². The SMILES string of the molecule is CC1CCC(O)C(CCO)O1. The third kappa shape index (κ3) is 2.43. The van der Waals surface area contributed by atoms with Gasteiger partial charge in [0.15, 0.2) is 0 Å². The van der Waals surface area contributed by atoms with Crippen LogP contribution in [0.3, 0.4) is 0 Å². The van der Waals surface area contributed by atoms with Gasteiger partial charge in [-0.3, -0.25) is 0 Å². The van der Waals surface area contributed by atoms with E-state index in [1.54, 1.807) is 0 Å². The Balaban J connectivity index is 2.34. The summed E-state index contributed by atoms with van der Waals surface area (Å²) in [4.78, 5) is 0. The van der Waals surface area contributed by atoms with Crippen molar-refractivity contribution in [3.63, 3.8) is 0 Å². The van der Waals surface area contributed by atoms with Gasteiger partial charge in [-0.1, -0.05) is 0 Å². The van der Waals surface area contributed by atoms with Crippen LogP contribution in [-0.4, -0.2) is 35.1 Å². The largest absolute Gasteiger partial charge is 0.396 e. The predicted octanol–water partition coefficient (Wildman–Crippen LogP) is 0.297. The smallest absolute Gasteiger partial charge is 0.0859 e. The highest BCUT2D eigenvalue weighted by molar-refractivity contribution is 4.76. The van der Waals surface area contributed by atoms with Crippen molar-refractivity contribution in [1.82, 2.24) is 0 Å². The fourth-order valence-electron chi connectivity index (χ4n) is 1.44. The molecule has 0 radical (unpaired) electrons. The van der Waals surface area contributed by atoms with Crippen LogP contribution in [0.4, 0.5) is 0 Å². The molecule has 0 amide bonds. The average Bonchev–Trinajstić information content (AvgIpc) is 1.98. The minimum absolute atomic E-state index is 0.0917. The van der Waals surface area contributed by atoms with Gasteiger partial charge in [0.1, 0.15) is 0 Å². The summed E-state index contributed by atoms with van der Waals surface area (Å²) in [6, 6.07) is 0. The van der Waals surface area contributed by atoms with Gasteiger partial charge in [0.05, 0.1) is 18.3 Å². The van der Waals surface area contributed by atoms with Gasteiger partial charge in [-0.25, -0.2) is 0 Å². The lowest BCUT2D eigenvalue weighted by molar-refractivity contribution is -0.117. The lowest BCUT2D eigenvalue weighted by Gasteiger charge is -2.31. The summed E-state index contributed by atoms with van der Waals surface area (Å²) in [6.07, 6.45) is 1.97. The Morgan fingerprint density at radius 1 is 1.45 bits per heavy atom. The topological polar surface area (TPSA) is 49.7 Å². The van der Waals surface area contributed by atoms with Crippen molar-refractivity contribution < 1.29 is 14.9 Å². The minimum Gasteiger partial charge on any atom is -0.396 e. The van der Waals surface area contributed by atoms with Gasteiger partial charge in [-0.05, 0) is 26.2 Å². The fourth-order valence-corrected chi connectivity index (χ4v) is 1.44. The molecule has 0 bridgehead atoms. The molecule has 1 rings (SSSR count). The average molecular weight is 160 g/mol. The van der Waals surface area contributed by atoms with Crippen molar-refractivity contribution in [3.05, 3.63) is 0 Å². The predicted molar refractivity (Wildman–Crippen MR) is 41.3 cm³/mol. The maximum absolute atomic E-state index is 9.38. The van der Waals surface area contributed by atoms with Crippen molar-refractivity contribution >= 4 is 0 Å². The van der Waals surface area contributed by atoms with Crippen molar-refractivity contribution in [2.24, 2.45) is 0 Å². The van der Waals surface area contributed by atoms with Crippen LogP contribution in [-0.2, 0) is 4.74 Å². The second-order valence-electron chi connectivity index (χ2n) is 3.14. The molecular formula is C8H16O3. The Kier molecular flexibility index (Phi) is 3.30. The maximum atomic E-state index is 9.38. The van der Waals surface area contributed by atoms with E-state index in [1.165, 1.54) is 0 Å². The van der Waals surface area contributed by atoms with Crippen molar-refractivity contribution in [2.75, 3.05) is 6.61 Å². The second-order valence-corrected chi connectivity index (χ2v) is 3.14. The van der Waals surface area contributed by atoms with Gasteiger partial charge in [0.2, 0.25) is 0 Å². The van der Waals surface area contributed by atoms with E-state index in [2.05, 4.69) is 0 Å². The maximum Gasteiger partial charge on any atom is 0.0859 e. The van der Waals surface area contributed by atoms with Crippen LogP contribution in [0, 0.1) is 0 Å². The van der Waals surface area contributed by atoms with Gasteiger partial charge in [0, 0.05) is 6.61 Å². The highest BCUT2D eigenvalue weighted by atomic mass is 16.5. The first-order chi connectivity index (χ1) is 5.24. The summed E-state index contributed by atoms with van der Waals surface area (Å²) in [5.41, 5.74) is 0. The molecule has 66 valence electrons. The van der Waals surface area contributed by atoms with Crippen molar-refractivity contribution in [3.8, 4) is 0 Å². The third-order valence-corrected chi connectivity index (χ3v) is 2.12. The van der Waals surface area contributed by atoms with Crippen LogP contribution >= 0.6 is 0 Å². The Labute approximate surface area is 67.0 Å². The normalized spacial score (nSPS) is 39.0. The molecule has 1 saturated heterocycles. The molecule has 0 saturated carbocycles. The van der Waals surface area contributed by atoms with E-state index in [0.717, 1.165) is 12.8 Å². The number of aliphatic hydroxyl groups is 2. The Bertz CT molecular complexity index is 116. The molecule has 3 heteroatoms. The summed E-state index contributed by atoms with van der Waals surface area (Å²) >= 11 is 0. The van der Waals surface area contributed by atoms with Crippen molar-refractivity contribution in [1.29, 1.82) is 0 Å². The molecule has 1 heterocycles. The van der Waals surface area contributed by atoms with E-state index >= 15 is 0 Å². The van der Waals surface area contributed by atoms with Crippen LogP contribution in [0.1, 0.15) is 26.2 Å². The quantitative estimate of drug-likeness (QED) is 0.610. The van der Waals surface area contributed by atoms with E-state index in [0.29, 0.717) is 6.42 Å². The molecule has 3 atom stereocenters. The van der Waals surface area contributed by atoms with E-state index in [1.807, 2.05) is 6.92 Å². The second kappa shape index (κ2) is 4.04. The summed E-state index contributed by atoms with van der Waals surface area (Å²) in [5, 5.41) is 18.0. The highest BCUT2D eigenvalue weighted by Crippen LogP contribution is 2.20. The molecule has 1 aliphatic heterocycles. The fraction of sp³-hybridized carbons (Fsp3) is 1.00. The summed E-state index contributed by atoms with van der Waals surface area (Å²) in [6.45, 7) is 2.09. The van der Waals surface area contributed by atoms with E-state index < -0.39 is 0 Å². The lowest BCUT2D eigenvalue weighted by atomic mass is 10.00. The molecule has 3 nitrogen and oxygen atoms in total. The van der Waals surface area contributed by atoms with Gasteiger partial charge < -0.3 is 14.9 Å². The molecule has 3 unspecified atom stereocenters. The van der Waals surface area contributed by atoms with Gasteiger partial charge in [-0.15, -0.1) is 0 Å². The number of aliphatic hydroxyl groups excluding tert-OH is 2. The first kappa shape index (κ1) is 8.97. The molecule has 11 heavy (non-hydrogen) atoms. The Morgan fingerprint density at radius 3 is 2.82 bits per heavy atom. The number of rotatable bonds is 2. The monoisotopic (exact) mass is 160 g/mol. The van der Waals surface area contributed by atoms with Crippen LogP contribution in [0.2, 0.25) is 0 Å². The van der Waals surface area contributed by atoms with Gasteiger partial charge in [0.25, 0.3) is 0 Å². The van der Waals surface area contributed by atoms with Crippen LogP contribution < -0.4 is 0 Å². The zero-order valence-electron chi connectivity index (χ0n) is 6.86. The van der Waals surface area contributed by atoms with E-state index in [-0.39, 0.29) is 24.9 Å². The zero-order chi connectivity index (χ0) is 8.27. The first-order valence-electron chi connectivity index (χ1n) is 4.18. The van der Waals surface area contributed by atoms with Gasteiger partial charge in [-0.2, -0.15) is 0 Å². The molecule has 1 aliphatic rings. The minimum atomic E-state index is -0.377. The van der Waals surface area contributed by atoms with E-state index in [9.17, 15) is 5.11 Å². The summed E-state index contributed by atoms with van der Waals surface area (Å²) in [7, 11) is 0. The lowest BCUT2D eigenvalue weighted by Crippen LogP contribution is -2.38. The Hall–Kier alpha value is -0.120. The summed E-state index contributed by atoms with van der Waals surface area (Å²) < 4.78 is 5.43. The summed E-state index contributed by atoms with van der Waals surface area (Å²) in [5.74, 6) is 0. The van der Waals surface area contributed by atoms with Crippen LogP contribution in [0.15, 0.2) is 0 Å². The number of hydrogen-bond acceptors (Lipinski definition) is 3. The molecule has 0 aromatic rings.